The molecule has 0 amide bonds. The molecule has 0 aliphatic rings. The standard InChI is InChI=1S/C15H20O3/c1-2-3-4-5-6-7-12-18-15(17)13-8-10-14(16)11-9-13/h2-3,8-11,16H,4-7,12H2,1H3/b3-2+. The minimum Gasteiger partial charge on any atom is -0.508 e. The number of ether oxygens (including phenoxy) is 1. The average molecular weight is 248 g/mol. The third-order valence-corrected chi connectivity index (χ3v) is 2.59. The second-order valence-corrected chi connectivity index (χ2v) is 4.10. The van der Waals surface area contributed by atoms with Crippen LogP contribution in [0, 0.1) is 0 Å². The van der Waals surface area contributed by atoms with Crippen LogP contribution in [0.3, 0.4) is 0 Å². The van der Waals surface area contributed by atoms with Crippen molar-refractivity contribution < 1.29 is 14.6 Å². The molecule has 0 saturated heterocycles. The van der Waals surface area contributed by atoms with Crippen LogP contribution in [0.2, 0.25) is 0 Å². The second kappa shape index (κ2) is 8.34. The van der Waals surface area contributed by atoms with Crippen molar-refractivity contribution in [3.63, 3.8) is 0 Å². The normalized spacial score (nSPS) is 10.7. The van der Waals surface area contributed by atoms with E-state index in [1.165, 1.54) is 12.1 Å². The molecule has 0 bridgehead atoms. The lowest BCUT2D eigenvalue weighted by Gasteiger charge is -2.04. The van der Waals surface area contributed by atoms with Crippen molar-refractivity contribution in [1.82, 2.24) is 0 Å². The van der Waals surface area contributed by atoms with Gasteiger partial charge >= 0.3 is 5.97 Å². The Bertz CT molecular complexity index is 379. The number of hydrogen-bond donors (Lipinski definition) is 1. The van der Waals surface area contributed by atoms with Crippen molar-refractivity contribution in [3.8, 4) is 5.75 Å². The molecule has 1 rings (SSSR count). The molecule has 98 valence electrons. The third kappa shape index (κ3) is 5.53. The Hall–Kier alpha value is -1.77. The molecule has 0 radical (unpaired) electrons. The first-order valence-electron chi connectivity index (χ1n) is 6.31. The van der Waals surface area contributed by atoms with Crippen molar-refractivity contribution >= 4 is 5.97 Å². The summed E-state index contributed by atoms with van der Waals surface area (Å²) in [6.07, 6.45) is 8.35. The summed E-state index contributed by atoms with van der Waals surface area (Å²) in [7, 11) is 0. The van der Waals surface area contributed by atoms with Crippen molar-refractivity contribution in [2.45, 2.75) is 32.6 Å². The number of allylic oxidation sites excluding steroid dienone is 2. The summed E-state index contributed by atoms with van der Waals surface area (Å²) in [5, 5.41) is 9.10. The van der Waals surface area contributed by atoms with Gasteiger partial charge in [-0.05, 0) is 56.9 Å². The Morgan fingerprint density at radius 1 is 1.22 bits per heavy atom. The van der Waals surface area contributed by atoms with Gasteiger partial charge in [0.1, 0.15) is 5.75 Å². The smallest absolute Gasteiger partial charge is 0.338 e. The predicted molar refractivity (Wildman–Crippen MR) is 71.7 cm³/mol. The van der Waals surface area contributed by atoms with E-state index in [4.69, 9.17) is 9.84 Å². The summed E-state index contributed by atoms with van der Waals surface area (Å²) in [5.74, 6) is -0.181. The first-order valence-corrected chi connectivity index (χ1v) is 6.31. The van der Waals surface area contributed by atoms with Gasteiger partial charge in [-0.3, -0.25) is 0 Å². The summed E-state index contributed by atoms with van der Waals surface area (Å²) in [5.41, 5.74) is 0.474. The summed E-state index contributed by atoms with van der Waals surface area (Å²) in [4.78, 5) is 11.6. The summed E-state index contributed by atoms with van der Waals surface area (Å²) >= 11 is 0. The average Bonchev–Trinajstić information content (AvgIpc) is 2.38. The molecule has 0 aromatic heterocycles. The molecule has 0 saturated carbocycles. The molecule has 3 nitrogen and oxygen atoms in total. The number of carbonyl (C=O) groups excluding carboxylic acids is 1. The van der Waals surface area contributed by atoms with Gasteiger partial charge in [-0.25, -0.2) is 4.79 Å². The van der Waals surface area contributed by atoms with Gasteiger partial charge in [-0.15, -0.1) is 0 Å². The van der Waals surface area contributed by atoms with Crippen molar-refractivity contribution in [3.05, 3.63) is 42.0 Å². The van der Waals surface area contributed by atoms with Crippen LogP contribution in [0.4, 0.5) is 0 Å². The van der Waals surface area contributed by atoms with Crippen molar-refractivity contribution in [2.24, 2.45) is 0 Å². The number of benzene rings is 1. The largest absolute Gasteiger partial charge is 0.508 e. The lowest BCUT2D eigenvalue weighted by Crippen LogP contribution is -2.06. The number of esters is 1. The minimum atomic E-state index is -0.330. The molecular formula is C15H20O3. The zero-order valence-corrected chi connectivity index (χ0v) is 10.8. The van der Waals surface area contributed by atoms with E-state index in [1.807, 2.05) is 13.0 Å². The van der Waals surface area contributed by atoms with Gasteiger partial charge < -0.3 is 9.84 Å². The highest BCUT2D eigenvalue weighted by molar-refractivity contribution is 5.89. The number of aromatic hydroxyl groups is 1. The molecule has 18 heavy (non-hydrogen) atoms. The van der Waals surface area contributed by atoms with Crippen molar-refractivity contribution in [1.29, 1.82) is 0 Å². The van der Waals surface area contributed by atoms with E-state index in [0.717, 1.165) is 25.7 Å². The van der Waals surface area contributed by atoms with E-state index < -0.39 is 0 Å². The Labute approximate surface area is 108 Å². The fraction of sp³-hybridized carbons (Fsp3) is 0.400. The molecule has 3 heteroatoms. The lowest BCUT2D eigenvalue weighted by atomic mass is 10.2. The maximum atomic E-state index is 11.6. The monoisotopic (exact) mass is 248 g/mol. The number of carbonyl (C=O) groups is 1. The molecule has 1 aromatic rings. The fourth-order valence-electron chi connectivity index (χ4n) is 1.55. The molecule has 0 unspecified atom stereocenters. The molecule has 0 aliphatic carbocycles. The summed E-state index contributed by atoms with van der Waals surface area (Å²) in [6.45, 7) is 2.47. The van der Waals surface area contributed by atoms with Crippen molar-refractivity contribution in [2.75, 3.05) is 6.61 Å². The van der Waals surface area contributed by atoms with E-state index in [2.05, 4.69) is 6.08 Å². The van der Waals surface area contributed by atoms with Crippen LogP contribution >= 0.6 is 0 Å². The van der Waals surface area contributed by atoms with Crippen LogP contribution in [-0.2, 0) is 4.74 Å². The van der Waals surface area contributed by atoms with Gasteiger partial charge in [0, 0.05) is 0 Å². The van der Waals surface area contributed by atoms with E-state index in [-0.39, 0.29) is 11.7 Å². The molecule has 0 atom stereocenters. The molecule has 0 heterocycles. The molecule has 0 aliphatic heterocycles. The fourth-order valence-corrected chi connectivity index (χ4v) is 1.55. The van der Waals surface area contributed by atoms with Crippen LogP contribution in [0.25, 0.3) is 0 Å². The first-order chi connectivity index (χ1) is 8.74. The van der Waals surface area contributed by atoms with E-state index in [1.54, 1.807) is 12.1 Å². The highest BCUT2D eigenvalue weighted by Crippen LogP contribution is 2.11. The van der Waals surface area contributed by atoms with Crippen LogP contribution in [-0.4, -0.2) is 17.7 Å². The molecular weight excluding hydrogens is 228 g/mol. The number of hydrogen-bond acceptors (Lipinski definition) is 3. The SMILES string of the molecule is C/C=C/CCCCCOC(=O)c1ccc(O)cc1. The maximum Gasteiger partial charge on any atom is 0.338 e. The topological polar surface area (TPSA) is 46.5 Å². The minimum absolute atomic E-state index is 0.149. The molecule has 0 spiro atoms. The summed E-state index contributed by atoms with van der Waals surface area (Å²) in [6, 6.07) is 6.08. The number of rotatable bonds is 7. The third-order valence-electron chi connectivity index (χ3n) is 2.59. The highest BCUT2D eigenvalue weighted by Gasteiger charge is 2.05. The second-order valence-electron chi connectivity index (χ2n) is 4.10. The van der Waals surface area contributed by atoms with E-state index >= 15 is 0 Å². The van der Waals surface area contributed by atoms with E-state index in [0.29, 0.717) is 12.2 Å². The lowest BCUT2D eigenvalue weighted by molar-refractivity contribution is 0.0498. The van der Waals surface area contributed by atoms with Gasteiger partial charge in [-0.1, -0.05) is 12.2 Å². The summed E-state index contributed by atoms with van der Waals surface area (Å²) < 4.78 is 5.14. The van der Waals surface area contributed by atoms with Gasteiger partial charge in [-0.2, -0.15) is 0 Å². The Kier molecular flexibility index (Phi) is 6.62. The number of unbranched alkanes of at least 4 members (excludes halogenated alkanes) is 3. The van der Waals surface area contributed by atoms with Gasteiger partial charge in [0.05, 0.1) is 12.2 Å². The van der Waals surface area contributed by atoms with Crippen LogP contribution in [0.5, 0.6) is 5.75 Å². The first kappa shape index (κ1) is 14.3. The molecule has 1 N–H and O–H groups in total. The number of phenolic OH excluding ortho intramolecular Hbond substituents is 1. The van der Waals surface area contributed by atoms with Gasteiger partial charge in [0.25, 0.3) is 0 Å². The molecule has 1 aromatic carbocycles. The molecule has 0 fully saturated rings. The quantitative estimate of drug-likeness (QED) is 0.455. The Balaban J connectivity index is 2.15. The van der Waals surface area contributed by atoms with Crippen LogP contribution in [0.1, 0.15) is 43.0 Å². The van der Waals surface area contributed by atoms with Crippen LogP contribution in [0.15, 0.2) is 36.4 Å². The predicted octanol–water partition coefficient (Wildman–Crippen LogP) is 3.69. The number of phenols is 1. The van der Waals surface area contributed by atoms with Gasteiger partial charge in [0.15, 0.2) is 0 Å². The van der Waals surface area contributed by atoms with Gasteiger partial charge in [0.2, 0.25) is 0 Å². The zero-order valence-electron chi connectivity index (χ0n) is 10.8. The zero-order chi connectivity index (χ0) is 13.2. The highest BCUT2D eigenvalue weighted by atomic mass is 16.5. The Morgan fingerprint density at radius 3 is 2.61 bits per heavy atom. The Morgan fingerprint density at radius 2 is 1.94 bits per heavy atom. The maximum absolute atomic E-state index is 11.6. The van der Waals surface area contributed by atoms with Crippen LogP contribution < -0.4 is 0 Å². The van der Waals surface area contributed by atoms with E-state index in [9.17, 15) is 4.79 Å².